The molecule has 0 aliphatic heterocycles. The molecule has 2 rings (SSSR count). The molecule has 0 aliphatic carbocycles. The minimum Gasteiger partial charge on any atom is -0.294 e. The van der Waals surface area contributed by atoms with Crippen molar-refractivity contribution in [2.24, 2.45) is 7.05 Å². The van der Waals surface area contributed by atoms with Gasteiger partial charge in [-0.25, -0.2) is 4.98 Å². The zero-order chi connectivity index (χ0) is 11.0. The maximum atomic E-state index is 11.1. The molecule has 15 heavy (non-hydrogen) atoms. The number of rotatable bonds is 2. The van der Waals surface area contributed by atoms with Crippen LogP contribution < -0.4 is 0 Å². The summed E-state index contributed by atoms with van der Waals surface area (Å²) >= 11 is 1.41. The molecule has 0 radical (unpaired) electrons. The Morgan fingerprint density at radius 3 is 2.73 bits per heavy atom. The van der Waals surface area contributed by atoms with Gasteiger partial charge in [0.1, 0.15) is 5.01 Å². The molecule has 0 fully saturated rings. The summed E-state index contributed by atoms with van der Waals surface area (Å²) in [5, 5.41) is 5.09. The Morgan fingerprint density at radius 1 is 1.53 bits per heavy atom. The molecule has 0 amide bonds. The van der Waals surface area contributed by atoms with Crippen molar-refractivity contribution in [3.63, 3.8) is 0 Å². The summed E-state index contributed by atoms with van der Waals surface area (Å²) in [6, 6.07) is 0. The van der Waals surface area contributed by atoms with Crippen LogP contribution in [-0.2, 0) is 7.05 Å². The summed E-state index contributed by atoms with van der Waals surface area (Å²) in [4.78, 5) is 16.0. The van der Waals surface area contributed by atoms with Crippen molar-refractivity contribution in [2.45, 2.75) is 13.8 Å². The van der Waals surface area contributed by atoms with Crippen molar-refractivity contribution in [1.82, 2.24) is 14.8 Å². The molecule has 0 bridgehead atoms. The first kappa shape index (κ1) is 10.0. The third kappa shape index (κ3) is 1.83. The van der Waals surface area contributed by atoms with Crippen LogP contribution in [0, 0.1) is 6.92 Å². The minimum absolute atomic E-state index is 0.0558. The van der Waals surface area contributed by atoms with Gasteiger partial charge in [0, 0.05) is 26.4 Å². The zero-order valence-electron chi connectivity index (χ0n) is 8.81. The summed E-state index contributed by atoms with van der Waals surface area (Å²) in [5.41, 5.74) is 1.93. The van der Waals surface area contributed by atoms with Gasteiger partial charge in [-0.2, -0.15) is 5.10 Å². The van der Waals surface area contributed by atoms with Crippen LogP contribution in [0.1, 0.15) is 22.3 Å². The van der Waals surface area contributed by atoms with Crippen LogP contribution >= 0.6 is 11.3 Å². The third-order valence-electron chi connectivity index (χ3n) is 2.10. The van der Waals surface area contributed by atoms with Crippen molar-refractivity contribution in [3.05, 3.63) is 23.0 Å². The summed E-state index contributed by atoms with van der Waals surface area (Å²) in [5.74, 6) is 0.0558. The molecular formula is C10H11N3OS. The molecule has 0 spiro atoms. The van der Waals surface area contributed by atoms with Crippen LogP contribution in [0.5, 0.6) is 0 Å². The average molecular weight is 221 g/mol. The quantitative estimate of drug-likeness (QED) is 0.729. The third-order valence-corrected chi connectivity index (χ3v) is 3.23. The Kier molecular flexibility index (Phi) is 2.40. The Morgan fingerprint density at radius 2 is 2.27 bits per heavy atom. The molecule has 0 atom stereocenters. The van der Waals surface area contributed by atoms with Crippen LogP contribution in [0.3, 0.4) is 0 Å². The normalized spacial score (nSPS) is 10.6. The van der Waals surface area contributed by atoms with Crippen molar-refractivity contribution in [2.75, 3.05) is 0 Å². The fourth-order valence-electron chi connectivity index (χ4n) is 1.37. The summed E-state index contributed by atoms with van der Waals surface area (Å²) < 4.78 is 1.75. The van der Waals surface area contributed by atoms with E-state index in [-0.39, 0.29) is 5.78 Å². The van der Waals surface area contributed by atoms with E-state index in [1.807, 2.05) is 20.2 Å². The first-order chi connectivity index (χ1) is 7.08. The van der Waals surface area contributed by atoms with Crippen molar-refractivity contribution in [3.8, 4) is 10.6 Å². The fourth-order valence-corrected chi connectivity index (χ4v) is 2.24. The number of Topliss-reactive ketones (excluding diaryl/α,β-unsaturated/α-hetero) is 1. The number of carbonyl (C=O) groups is 1. The number of hydrogen-bond acceptors (Lipinski definition) is 4. The molecule has 0 unspecified atom stereocenters. The highest BCUT2D eigenvalue weighted by molar-refractivity contribution is 7.16. The largest absolute Gasteiger partial charge is 0.294 e. The number of ketones is 1. The first-order valence-electron chi connectivity index (χ1n) is 4.55. The summed E-state index contributed by atoms with van der Waals surface area (Å²) in [6.45, 7) is 3.48. The van der Waals surface area contributed by atoms with Crippen molar-refractivity contribution < 1.29 is 4.79 Å². The Balaban J connectivity index is 2.45. The number of aryl methyl sites for hydroxylation is 2. The smallest absolute Gasteiger partial charge is 0.171 e. The zero-order valence-corrected chi connectivity index (χ0v) is 9.63. The highest BCUT2D eigenvalue weighted by atomic mass is 32.1. The number of hydrogen-bond donors (Lipinski definition) is 0. The average Bonchev–Trinajstić information content (AvgIpc) is 2.71. The second-order valence-electron chi connectivity index (χ2n) is 3.39. The van der Waals surface area contributed by atoms with Gasteiger partial charge in [0.15, 0.2) is 5.78 Å². The predicted molar refractivity (Wildman–Crippen MR) is 59.1 cm³/mol. The van der Waals surface area contributed by atoms with E-state index in [4.69, 9.17) is 0 Å². The number of thiazole rings is 1. The fraction of sp³-hybridized carbons (Fsp3) is 0.300. The number of nitrogens with zero attached hydrogens (tertiary/aromatic N) is 3. The number of aromatic nitrogens is 3. The number of carbonyl (C=O) groups excluding carboxylic acids is 1. The van der Waals surface area contributed by atoms with Crippen molar-refractivity contribution >= 4 is 17.1 Å². The Hall–Kier alpha value is -1.49. The molecule has 2 heterocycles. The molecule has 4 nitrogen and oxygen atoms in total. The van der Waals surface area contributed by atoms with E-state index in [9.17, 15) is 4.79 Å². The molecule has 0 saturated carbocycles. The minimum atomic E-state index is 0.0558. The standard InChI is InChI=1S/C10H11N3OS/c1-6-8(5-13(3)12-6)10-11-4-9(15-10)7(2)14/h4-5H,1-3H3. The molecule has 5 heteroatoms. The lowest BCUT2D eigenvalue weighted by molar-refractivity contribution is 0.102. The van der Waals surface area contributed by atoms with Gasteiger partial charge >= 0.3 is 0 Å². The Labute approximate surface area is 91.6 Å². The van der Waals surface area contributed by atoms with Gasteiger partial charge in [-0.3, -0.25) is 9.48 Å². The van der Waals surface area contributed by atoms with Crippen LogP contribution in [0.4, 0.5) is 0 Å². The topological polar surface area (TPSA) is 47.8 Å². The maximum Gasteiger partial charge on any atom is 0.171 e. The van der Waals surface area contributed by atoms with E-state index in [0.29, 0.717) is 4.88 Å². The molecule has 2 aromatic heterocycles. The Bertz CT molecular complexity index is 512. The SMILES string of the molecule is CC(=O)c1cnc(-c2cn(C)nc2C)s1. The van der Waals surface area contributed by atoms with Gasteiger partial charge in [0.25, 0.3) is 0 Å². The lowest BCUT2D eigenvalue weighted by atomic mass is 10.3. The van der Waals surface area contributed by atoms with Crippen LogP contribution in [0.15, 0.2) is 12.4 Å². The van der Waals surface area contributed by atoms with E-state index < -0.39 is 0 Å². The van der Waals surface area contributed by atoms with E-state index in [2.05, 4.69) is 10.1 Å². The van der Waals surface area contributed by atoms with Crippen LogP contribution in [-0.4, -0.2) is 20.5 Å². The maximum absolute atomic E-state index is 11.1. The lowest BCUT2D eigenvalue weighted by Gasteiger charge is -1.89. The van der Waals surface area contributed by atoms with Gasteiger partial charge in [0.2, 0.25) is 0 Å². The highest BCUT2D eigenvalue weighted by Crippen LogP contribution is 2.27. The second-order valence-corrected chi connectivity index (χ2v) is 4.42. The predicted octanol–water partition coefficient (Wildman–Crippen LogP) is 2.05. The molecule has 0 saturated heterocycles. The van der Waals surface area contributed by atoms with E-state index >= 15 is 0 Å². The molecule has 0 aliphatic rings. The van der Waals surface area contributed by atoms with Gasteiger partial charge in [-0.15, -0.1) is 11.3 Å². The lowest BCUT2D eigenvalue weighted by Crippen LogP contribution is -1.86. The summed E-state index contributed by atoms with van der Waals surface area (Å²) in [7, 11) is 1.87. The molecule has 2 aromatic rings. The van der Waals surface area contributed by atoms with Crippen LogP contribution in [0.2, 0.25) is 0 Å². The highest BCUT2D eigenvalue weighted by Gasteiger charge is 2.11. The van der Waals surface area contributed by atoms with E-state index in [1.54, 1.807) is 17.8 Å². The molecule has 78 valence electrons. The van der Waals surface area contributed by atoms with Gasteiger partial charge in [-0.1, -0.05) is 0 Å². The molecule has 0 N–H and O–H groups in total. The van der Waals surface area contributed by atoms with E-state index in [1.165, 1.54) is 11.3 Å². The van der Waals surface area contributed by atoms with Crippen molar-refractivity contribution in [1.29, 1.82) is 0 Å². The molecule has 0 aromatic carbocycles. The van der Waals surface area contributed by atoms with Gasteiger partial charge in [0.05, 0.1) is 16.1 Å². The first-order valence-corrected chi connectivity index (χ1v) is 5.37. The van der Waals surface area contributed by atoms with Gasteiger partial charge in [-0.05, 0) is 6.92 Å². The second kappa shape index (κ2) is 3.58. The van der Waals surface area contributed by atoms with E-state index in [0.717, 1.165) is 16.3 Å². The van der Waals surface area contributed by atoms with Crippen LogP contribution in [0.25, 0.3) is 10.6 Å². The molecular weight excluding hydrogens is 210 g/mol. The summed E-state index contributed by atoms with van der Waals surface area (Å²) in [6.07, 6.45) is 3.53. The monoisotopic (exact) mass is 221 g/mol. The van der Waals surface area contributed by atoms with Gasteiger partial charge < -0.3 is 0 Å².